The predicted molar refractivity (Wildman–Crippen MR) is 58.3 cm³/mol. The molecule has 0 N–H and O–H groups in total. The largest absolute Gasteiger partial charge is 1.00 e. The molecule has 15 heavy (non-hydrogen) atoms. The lowest BCUT2D eigenvalue weighted by Gasteiger charge is -2.12. The van der Waals surface area contributed by atoms with E-state index in [1.54, 1.807) is 0 Å². The highest BCUT2D eigenvalue weighted by molar-refractivity contribution is 5.82. The molecule has 74 valence electrons. The number of carbonyl (C=O) groups is 1. The Bertz CT molecular complexity index is 604. The van der Waals surface area contributed by atoms with Crippen molar-refractivity contribution >= 4 is 18.2 Å². The number of hydrogen-bond acceptors (Lipinski definition) is 2. The Morgan fingerprint density at radius 2 is 2.33 bits per heavy atom. The fourth-order valence-electron chi connectivity index (χ4n) is 2.00. The lowest BCUT2D eigenvalue weighted by atomic mass is 10.1. The van der Waals surface area contributed by atoms with Gasteiger partial charge < -0.3 is 4.90 Å². The molecule has 0 saturated heterocycles. The van der Waals surface area contributed by atoms with Crippen LogP contribution in [-0.2, 0) is 11.2 Å². The van der Waals surface area contributed by atoms with Crippen molar-refractivity contribution in [3.63, 3.8) is 0 Å². The van der Waals surface area contributed by atoms with Crippen molar-refractivity contribution in [3.8, 4) is 0 Å². The molecule has 2 aliphatic heterocycles. The molecule has 2 aliphatic rings. The van der Waals surface area contributed by atoms with Gasteiger partial charge in [-0.3, -0.25) is 4.79 Å². The van der Waals surface area contributed by atoms with Crippen LogP contribution in [0.25, 0.3) is 12.3 Å². The molecular weight excluding hydrogens is 188 g/mol. The van der Waals surface area contributed by atoms with Gasteiger partial charge in [0.1, 0.15) is 0 Å². The molecule has 1 amide bonds. The lowest BCUT2D eigenvalue weighted by Crippen LogP contribution is -2.32. The molecule has 2 heterocycles. The standard InChI is InChI=1S/C12H10N2O/c1-14-5-4-8-2-3-9-6-11(15)13-12(9)10(8)7-14/h2-5,7H,6H2,1H3/p+1. The highest BCUT2D eigenvalue weighted by Gasteiger charge is 2.14. The zero-order valence-corrected chi connectivity index (χ0v) is 8.40. The Morgan fingerprint density at radius 1 is 1.47 bits per heavy atom. The highest BCUT2D eigenvalue weighted by atomic mass is 16.1. The summed E-state index contributed by atoms with van der Waals surface area (Å²) in [6.45, 7) is 0. The Morgan fingerprint density at radius 3 is 3.20 bits per heavy atom. The van der Waals surface area contributed by atoms with Gasteiger partial charge in [0.15, 0.2) is 0 Å². The summed E-state index contributed by atoms with van der Waals surface area (Å²) in [5.41, 5.74) is 2.17. The van der Waals surface area contributed by atoms with Crippen LogP contribution in [0.1, 0.15) is 12.6 Å². The SMILES string of the molecule is CN1C=Cc2ccc3c(c2=C1)=NC(=O)C3.[H+]. The molecule has 0 aliphatic carbocycles. The van der Waals surface area contributed by atoms with Crippen LogP contribution in [-0.4, -0.2) is 17.9 Å². The second kappa shape index (κ2) is 2.79. The van der Waals surface area contributed by atoms with E-state index in [2.05, 4.69) is 4.99 Å². The Balaban J connectivity index is 0.000000963. The van der Waals surface area contributed by atoms with Crippen LogP contribution in [0.2, 0.25) is 0 Å². The van der Waals surface area contributed by atoms with Gasteiger partial charge in [-0.05, 0) is 17.2 Å². The molecule has 3 rings (SSSR count). The van der Waals surface area contributed by atoms with Crippen molar-refractivity contribution in [2.45, 2.75) is 6.42 Å². The molecule has 3 heteroatoms. The molecule has 0 bridgehead atoms. The Kier molecular flexibility index (Phi) is 1.57. The minimum atomic E-state index is -0.0380. The van der Waals surface area contributed by atoms with E-state index in [-0.39, 0.29) is 7.33 Å². The van der Waals surface area contributed by atoms with Crippen LogP contribution in [0.15, 0.2) is 23.3 Å². The second-order valence-corrected chi connectivity index (χ2v) is 3.87. The summed E-state index contributed by atoms with van der Waals surface area (Å²) in [7, 11) is 1.97. The second-order valence-electron chi connectivity index (χ2n) is 3.87. The monoisotopic (exact) mass is 199 g/mol. The van der Waals surface area contributed by atoms with E-state index in [4.69, 9.17) is 0 Å². The first-order valence-corrected chi connectivity index (χ1v) is 4.89. The summed E-state index contributed by atoms with van der Waals surface area (Å²) in [4.78, 5) is 17.3. The smallest absolute Gasteiger partial charge is 0.357 e. The van der Waals surface area contributed by atoms with Crippen molar-refractivity contribution in [1.82, 2.24) is 4.90 Å². The first-order chi connectivity index (χ1) is 7.24. The molecular formula is C12H11N2O+. The maximum Gasteiger partial charge on any atom is 1.00 e. The van der Waals surface area contributed by atoms with Gasteiger partial charge >= 0.3 is 1.43 Å². The highest BCUT2D eigenvalue weighted by Crippen LogP contribution is 2.06. The molecule has 0 aromatic heterocycles. The third-order valence-corrected chi connectivity index (χ3v) is 2.73. The number of nitrogens with zero attached hydrogens (tertiary/aromatic N) is 2. The van der Waals surface area contributed by atoms with Crippen molar-refractivity contribution in [1.29, 1.82) is 0 Å². The van der Waals surface area contributed by atoms with Crippen LogP contribution in [0.3, 0.4) is 0 Å². The molecule has 0 spiro atoms. The zero-order valence-electron chi connectivity index (χ0n) is 9.40. The third-order valence-electron chi connectivity index (χ3n) is 2.73. The lowest BCUT2D eigenvalue weighted by molar-refractivity contribution is -0.116. The van der Waals surface area contributed by atoms with Crippen molar-refractivity contribution < 1.29 is 6.22 Å². The van der Waals surface area contributed by atoms with Crippen molar-refractivity contribution in [2.24, 2.45) is 4.99 Å². The van der Waals surface area contributed by atoms with Gasteiger partial charge in [0.25, 0.3) is 5.91 Å². The Labute approximate surface area is 88.5 Å². The summed E-state index contributed by atoms with van der Waals surface area (Å²) in [6.07, 6.45) is 6.49. The van der Waals surface area contributed by atoms with Gasteiger partial charge in [-0.25, -0.2) is 4.99 Å². The minimum absolute atomic E-state index is 0. The first-order valence-electron chi connectivity index (χ1n) is 4.89. The van der Waals surface area contributed by atoms with Crippen LogP contribution in [0, 0.1) is 0 Å². The molecule has 0 unspecified atom stereocenters. The molecule has 0 atom stereocenters. The van der Waals surface area contributed by atoms with Crippen LogP contribution < -0.4 is 10.6 Å². The normalized spacial score (nSPS) is 16.9. The summed E-state index contributed by atoms with van der Waals surface area (Å²) in [6, 6.07) is 4.04. The number of amides is 1. The number of benzene rings is 1. The van der Waals surface area contributed by atoms with E-state index >= 15 is 0 Å². The van der Waals surface area contributed by atoms with E-state index in [1.165, 1.54) is 0 Å². The van der Waals surface area contributed by atoms with Crippen LogP contribution in [0.5, 0.6) is 0 Å². The van der Waals surface area contributed by atoms with Gasteiger partial charge in [-0.1, -0.05) is 12.1 Å². The van der Waals surface area contributed by atoms with E-state index < -0.39 is 0 Å². The predicted octanol–water partition coefficient (Wildman–Crippen LogP) is 0.155. The minimum Gasteiger partial charge on any atom is -0.357 e. The quantitative estimate of drug-likeness (QED) is 0.596. The Hall–Kier alpha value is -1.90. The van der Waals surface area contributed by atoms with Crippen molar-refractivity contribution in [3.05, 3.63) is 40.0 Å². The first kappa shape index (κ1) is 8.41. The van der Waals surface area contributed by atoms with Gasteiger partial charge in [0.2, 0.25) is 0 Å². The summed E-state index contributed by atoms with van der Waals surface area (Å²) in [5.74, 6) is -0.0380. The maximum atomic E-state index is 11.3. The molecule has 1 aromatic rings. The maximum absolute atomic E-state index is 11.3. The van der Waals surface area contributed by atoms with E-state index in [1.807, 2.05) is 42.6 Å². The molecule has 0 radical (unpaired) electrons. The average molecular weight is 199 g/mol. The number of carbonyl (C=O) groups excluding carboxylic acids is 1. The average Bonchev–Trinajstić information content (AvgIpc) is 2.58. The fraction of sp³-hybridized carbons (Fsp3) is 0.167. The molecule has 3 nitrogen and oxygen atoms in total. The number of rotatable bonds is 0. The van der Waals surface area contributed by atoms with Gasteiger partial charge in [0, 0.05) is 24.7 Å². The summed E-state index contributed by atoms with van der Waals surface area (Å²) in [5, 5.41) is 1.91. The molecule has 0 fully saturated rings. The summed E-state index contributed by atoms with van der Waals surface area (Å²) >= 11 is 0. The van der Waals surface area contributed by atoms with E-state index in [9.17, 15) is 4.79 Å². The number of fused-ring (bicyclic) bond motifs is 3. The van der Waals surface area contributed by atoms with Crippen LogP contribution in [0.4, 0.5) is 0 Å². The topological polar surface area (TPSA) is 32.7 Å². The summed E-state index contributed by atoms with van der Waals surface area (Å²) < 4.78 is 0. The zero-order chi connectivity index (χ0) is 10.4. The van der Waals surface area contributed by atoms with E-state index in [0.717, 1.165) is 21.7 Å². The molecule has 0 saturated carbocycles. The van der Waals surface area contributed by atoms with E-state index in [0.29, 0.717) is 6.42 Å². The van der Waals surface area contributed by atoms with Gasteiger partial charge in [-0.15, -0.1) is 0 Å². The van der Waals surface area contributed by atoms with Gasteiger partial charge in [-0.2, -0.15) is 0 Å². The fourth-order valence-corrected chi connectivity index (χ4v) is 2.00. The molecule has 1 aromatic carbocycles. The third kappa shape index (κ3) is 1.20. The van der Waals surface area contributed by atoms with Crippen LogP contribution >= 0.6 is 0 Å². The van der Waals surface area contributed by atoms with Crippen molar-refractivity contribution in [2.75, 3.05) is 7.05 Å². The number of hydrogen-bond donors (Lipinski definition) is 0. The van der Waals surface area contributed by atoms with Gasteiger partial charge in [0.05, 0.1) is 11.8 Å².